The second-order valence-electron chi connectivity index (χ2n) is 9.45. The third kappa shape index (κ3) is 7.47. The van der Waals surface area contributed by atoms with E-state index < -0.39 is 35.7 Å². The number of aromatic hydroxyl groups is 1. The predicted octanol–water partition coefficient (Wildman–Crippen LogP) is -0.0654. The molecule has 13 heteroatoms. The quantitative estimate of drug-likeness (QED) is 0.102. The van der Waals surface area contributed by atoms with Crippen molar-refractivity contribution >= 4 is 29.8 Å². The number of nitrogens with one attached hydrogen (secondary N) is 5. The zero-order chi connectivity index (χ0) is 29.3. The van der Waals surface area contributed by atoms with E-state index in [2.05, 4.69) is 21.3 Å². The minimum absolute atomic E-state index is 0.0180. The van der Waals surface area contributed by atoms with Crippen LogP contribution >= 0.6 is 0 Å². The zero-order valence-corrected chi connectivity index (χ0v) is 22.4. The molecule has 2 aromatic rings. The second-order valence-corrected chi connectivity index (χ2v) is 9.45. The second kappa shape index (κ2) is 13.4. The molecule has 4 amide bonds. The van der Waals surface area contributed by atoms with E-state index in [1.165, 1.54) is 19.2 Å². The number of likely N-dealkylation sites (N-methyl/N-ethyl adjacent to an activating group) is 2. The van der Waals surface area contributed by atoms with Crippen LogP contribution in [0.25, 0.3) is 0 Å². The Hall–Kier alpha value is -4.65. The minimum Gasteiger partial charge on any atom is -0.508 e. The number of phenols is 1. The van der Waals surface area contributed by atoms with Gasteiger partial charge in [-0.25, -0.2) is 4.79 Å². The van der Waals surface area contributed by atoms with Gasteiger partial charge >= 0.3 is 6.09 Å². The zero-order valence-electron chi connectivity index (χ0n) is 22.4. The maximum Gasteiger partial charge on any atom is 0.415 e. The van der Waals surface area contributed by atoms with E-state index in [9.17, 15) is 24.3 Å². The van der Waals surface area contributed by atoms with E-state index in [4.69, 9.17) is 15.9 Å². The van der Waals surface area contributed by atoms with Crippen LogP contribution in [0.5, 0.6) is 5.75 Å². The summed E-state index contributed by atoms with van der Waals surface area (Å²) in [6.07, 6.45) is 0.440. The fourth-order valence-electron chi connectivity index (χ4n) is 4.24. The molecule has 0 aliphatic carbocycles. The number of hydrogen-bond acceptors (Lipinski definition) is 8. The predicted molar refractivity (Wildman–Crippen MR) is 146 cm³/mol. The minimum atomic E-state index is -1.63. The van der Waals surface area contributed by atoms with Crippen molar-refractivity contribution in [2.45, 2.75) is 43.5 Å². The molecule has 0 spiro atoms. The lowest BCUT2D eigenvalue weighted by atomic mass is 9.98. The average Bonchev–Trinajstić information content (AvgIpc) is 2.93. The van der Waals surface area contributed by atoms with Gasteiger partial charge in [-0.05, 0) is 43.1 Å². The Morgan fingerprint density at radius 1 is 1.07 bits per heavy atom. The van der Waals surface area contributed by atoms with Crippen molar-refractivity contribution in [2.24, 2.45) is 5.73 Å². The molecule has 3 rings (SSSR count). The molecule has 0 radical (unpaired) electrons. The Labute approximate surface area is 231 Å². The summed E-state index contributed by atoms with van der Waals surface area (Å²) >= 11 is 0. The Morgan fingerprint density at radius 3 is 2.33 bits per heavy atom. The molecule has 1 heterocycles. The van der Waals surface area contributed by atoms with Crippen molar-refractivity contribution in [3.63, 3.8) is 0 Å². The number of nitrogens with two attached hydrogens (primary N) is 1. The van der Waals surface area contributed by atoms with Crippen LogP contribution in [0.1, 0.15) is 24.0 Å². The van der Waals surface area contributed by atoms with E-state index >= 15 is 0 Å². The number of phenolic OH excluding ortho intramolecular Hbond substituents is 1. The van der Waals surface area contributed by atoms with Gasteiger partial charge in [-0.1, -0.05) is 42.5 Å². The summed E-state index contributed by atoms with van der Waals surface area (Å²) in [5.74, 6) is -1.96. The molecule has 0 aromatic heterocycles. The number of cyclic esters (lactones) is 1. The largest absolute Gasteiger partial charge is 0.508 e. The molecule has 8 N–H and O–H groups in total. The molecule has 1 aliphatic rings. The highest BCUT2D eigenvalue weighted by atomic mass is 16.6. The number of benzene rings is 2. The van der Waals surface area contributed by atoms with Crippen molar-refractivity contribution in [1.82, 2.24) is 26.2 Å². The highest BCUT2D eigenvalue weighted by molar-refractivity contribution is 6.03. The third-order valence-electron chi connectivity index (χ3n) is 6.62. The van der Waals surface area contributed by atoms with Crippen LogP contribution in [0.4, 0.5) is 4.79 Å². The third-order valence-corrected chi connectivity index (χ3v) is 6.62. The van der Waals surface area contributed by atoms with Crippen LogP contribution in [-0.2, 0) is 32.0 Å². The van der Waals surface area contributed by atoms with Crippen LogP contribution in [0.3, 0.4) is 0 Å². The number of carbonyl (C=O) groups is 4. The Morgan fingerprint density at radius 2 is 1.75 bits per heavy atom. The lowest BCUT2D eigenvalue weighted by Gasteiger charge is -2.47. The number of guanidine groups is 1. The van der Waals surface area contributed by atoms with Crippen LogP contribution in [0, 0.1) is 5.41 Å². The molecule has 3 atom stereocenters. The van der Waals surface area contributed by atoms with Crippen molar-refractivity contribution in [2.75, 3.05) is 20.6 Å². The fourth-order valence-corrected chi connectivity index (χ4v) is 4.24. The number of ether oxygens (including phenoxy) is 1. The molecule has 40 heavy (non-hydrogen) atoms. The Balaban J connectivity index is 1.47. The van der Waals surface area contributed by atoms with E-state index in [1.807, 2.05) is 30.3 Å². The molecular formula is C27H35N7O6. The first-order valence-electron chi connectivity index (χ1n) is 12.7. The summed E-state index contributed by atoms with van der Waals surface area (Å²) in [7, 11) is 3.05. The van der Waals surface area contributed by atoms with Crippen LogP contribution in [-0.4, -0.2) is 78.2 Å². The molecule has 2 aromatic carbocycles. The monoisotopic (exact) mass is 553 g/mol. The summed E-state index contributed by atoms with van der Waals surface area (Å²) in [6, 6.07) is 13.9. The molecule has 0 bridgehead atoms. The standard InChI is InChI=1S/C27H35N7O6/c1-30-20(23(37)32-21(22(28)36)15-17-7-4-3-5-8-17)9-6-14-31-25(29)33-24(38)27(34(2)26(39)40-27)16-18-10-12-19(35)13-11-18/h3-5,7-8,10-13,20-21,30,35H,6,9,14-16H2,1-2H3,(H2,28,36)(H,32,37)(H3,29,31,33,38)/t20-,21-,27+/m0/s1. The maximum absolute atomic E-state index is 13.0. The molecule has 0 saturated carbocycles. The van der Waals surface area contributed by atoms with Crippen LogP contribution < -0.4 is 27.0 Å². The van der Waals surface area contributed by atoms with Gasteiger partial charge in [0.1, 0.15) is 11.8 Å². The summed E-state index contributed by atoms with van der Waals surface area (Å²) < 4.78 is 5.22. The van der Waals surface area contributed by atoms with E-state index in [-0.39, 0.29) is 37.0 Å². The molecule has 1 aliphatic heterocycles. The van der Waals surface area contributed by atoms with Crippen molar-refractivity contribution in [3.05, 3.63) is 65.7 Å². The molecule has 13 nitrogen and oxygen atoms in total. The first kappa shape index (κ1) is 29.9. The lowest BCUT2D eigenvalue weighted by molar-refractivity contribution is -0.189. The van der Waals surface area contributed by atoms with Gasteiger partial charge in [0.05, 0.1) is 6.04 Å². The van der Waals surface area contributed by atoms with Gasteiger partial charge in [0.2, 0.25) is 11.8 Å². The van der Waals surface area contributed by atoms with E-state index in [1.54, 1.807) is 19.2 Å². The number of rotatable bonds is 13. The van der Waals surface area contributed by atoms with Gasteiger partial charge in [0, 0.05) is 26.4 Å². The first-order valence-corrected chi connectivity index (χ1v) is 12.7. The summed E-state index contributed by atoms with van der Waals surface area (Å²) in [6.45, 7) is 0.258. The number of carbonyl (C=O) groups excluding carboxylic acids is 4. The van der Waals surface area contributed by atoms with Gasteiger partial charge in [-0.2, -0.15) is 0 Å². The highest BCUT2D eigenvalue weighted by Gasteiger charge is 2.57. The molecule has 1 saturated heterocycles. The van der Waals surface area contributed by atoms with Gasteiger partial charge < -0.3 is 31.5 Å². The van der Waals surface area contributed by atoms with Crippen molar-refractivity contribution < 1.29 is 29.0 Å². The fraction of sp³-hybridized carbons (Fsp3) is 0.370. The van der Waals surface area contributed by atoms with E-state index in [0.29, 0.717) is 18.4 Å². The molecule has 0 unspecified atom stereocenters. The van der Waals surface area contributed by atoms with E-state index in [0.717, 1.165) is 10.5 Å². The number of amides is 4. The number of primary amides is 1. The maximum atomic E-state index is 13.0. The first-order chi connectivity index (χ1) is 19.1. The van der Waals surface area contributed by atoms with Gasteiger partial charge in [-0.15, -0.1) is 0 Å². The van der Waals surface area contributed by atoms with Crippen molar-refractivity contribution in [3.8, 4) is 5.75 Å². The summed E-state index contributed by atoms with van der Waals surface area (Å²) in [5.41, 5.74) is 5.38. The normalized spacial score (nSPS) is 17.6. The topological polar surface area (TPSA) is 199 Å². The number of hydrogen-bond donors (Lipinski definition) is 7. The highest BCUT2D eigenvalue weighted by Crippen LogP contribution is 2.32. The number of nitrogens with zero attached hydrogens (tertiary/aromatic N) is 1. The SMILES string of the molecule is CN[C@@H](CCCNC(=N)NC(=O)[C@@]1(Cc2ccc(O)cc2)OC(=O)N1C)C(=O)N[C@@H](Cc1ccccc1)C(N)=O. The van der Waals surface area contributed by atoms with Gasteiger partial charge in [-0.3, -0.25) is 30.0 Å². The smallest absolute Gasteiger partial charge is 0.415 e. The van der Waals surface area contributed by atoms with Crippen LogP contribution in [0.2, 0.25) is 0 Å². The molecular weight excluding hydrogens is 518 g/mol. The summed E-state index contributed by atoms with van der Waals surface area (Å²) in [5, 5.41) is 28.4. The lowest BCUT2D eigenvalue weighted by Crippen LogP contribution is -2.72. The summed E-state index contributed by atoms with van der Waals surface area (Å²) in [4.78, 5) is 50.6. The average molecular weight is 554 g/mol. The Bertz CT molecular complexity index is 1220. The van der Waals surface area contributed by atoms with Gasteiger partial charge in [0.15, 0.2) is 5.96 Å². The van der Waals surface area contributed by atoms with Crippen molar-refractivity contribution in [1.29, 1.82) is 5.41 Å². The van der Waals surface area contributed by atoms with Crippen LogP contribution in [0.15, 0.2) is 54.6 Å². The van der Waals surface area contributed by atoms with Gasteiger partial charge in [0.25, 0.3) is 11.6 Å². The Kier molecular flexibility index (Phi) is 10.0. The molecule has 214 valence electrons. The molecule has 1 fully saturated rings.